The van der Waals surface area contributed by atoms with Crippen LogP contribution in [0.15, 0.2) is 36.5 Å². The number of rotatable bonds is 5. The number of nitrogens with zero attached hydrogens (tertiary/aromatic N) is 1. The van der Waals surface area contributed by atoms with E-state index >= 15 is 0 Å². The third kappa shape index (κ3) is 3.92. The van der Waals surface area contributed by atoms with Crippen LogP contribution in [-0.4, -0.2) is 22.2 Å². The largest absolute Gasteiger partial charge is 0.477 e. The SMILES string of the molecule is CC(C)Oc1ncc(Oc2ccc(F)cc2)cc1C(=O)O. The number of aromatic nitrogens is 1. The van der Waals surface area contributed by atoms with E-state index in [0.717, 1.165) is 0 Å². The van der Waals surface area contributed by atoms with Gasteiger partial charge in [-0.15, -0.1) is 0 Å². The Bertz CT molecular complexity index is 641. The first-order valence-corrected chi connectivity index (χ1v) is 6.29. The fourth-order valence-corrected chi connectivity index (χ4v) is 1.60. The molecule has 1 aromatic carbocycles. The number of pyridine rings is 1. The molecule has 1 aromatic heterocycles. The second kappa shape index (κ2) is 6.21. The van der Waals surface area contributed by atoms with Crippen LogP contribution in [0.2, 0.25) is 0 Å². The lowest BCUT2D eigenvalue weighted by Crippen LogP contribution is -2.11. The first-order chi connectivity index (χ1) is 9.95. The summed E-state index contributed by atoms with van der Waals surface area (Å²) in [6.45, 7) is 3.55. The molecule has 0 saturated carbocycles. The molecule has 0 spiro atoms. The molecule has 0 radical (unpaired) electrons. The standard InChI is InChI=1S/C15H14FNO4/c1-9(2)20-14-13(15(18)19)7-12(8-17-14)21-11-5-3-10(16)4-6-11/h3-9H,1-2H3,(H,18,19). The minimum Gasteiger partial charge on any atom is -0.477 e. The summed E-state index contributed by atoms with van der Waals surface area (Å²) in [4.78, 5) is 15.2. The second-order valence-corrected chi connectivity index (χ2v) is 4.55. The van der Waals surface area contributed by atoms with Crippen LogP contribution in [-0.2, 0) is 0 Å². The van der Waals surface area contributed by atoms with Crippen molar-refractivity contribution in [3.05, 3.63) is 47.9 Å². The van der Waals surface area contributed by atoms with Gasteiger partial charge in [0.05, 0.1) is 12.3 Å². The highest BCUT2D eigenvalue weighted by atomic mass is 19.1. The van der Waals surface area contributed by atoms with Crippen molar-refractivity contribution in [1.82, 2.24) is 4.98 Å². The van der Waals surface area contributed by atoms with Crippen molar-refractivity contribution < 1.29 is 23.8 Å². The molecule has 0 amide bonds. The molecule has 0 saturated heterocycles. The van der Waals surface area contributed by atoms with Gasteiger partial charge in [0.15, 0.2) is 0 Å². The zero-order valence-corrected chi connectivity index (χ0v) is 11.5. The summed E-state index contributed by atoms with van der Waals surface area (Å²) >= 11 is 0. The van der Waals surface area contributed by atoms with Crippen LogP contribution < -0.4 is 9.47 Å². The van der Waals surface area contributed by atoms with Crippen LogP contribution in [0.5, 0.6) is 17.4 Å². The first-order valence-electron chi connectivity index (χ1n) is 6.29. The molecule has 110 valence electrons. The van der Waals surface area contributed by atoms with E-state index in [0.29, 0.717) is 5.75 Å². The van der Waals surface area contributed by atoms with Gasteiger partial charge in [0, 0.05) is 6.07 Å². The van der Waals surface area contributed by atoms with Crippen LogP contribution in [0.1, 0.15) is 24.2 Å². The summed E-state index contributed by atoms with van der Waals surface area (Å²) in [5.41, 5.74) is -0.0942. The third-order valence-corrected chi connectivity index (χ3v) is 2.45. The van der Waals surface area contributed by atoms with E-state index in [2.05, 4.69) is 4.98 Å². The van der Waals surface area contributed by atoms with E-state index in [4.69, 9.17) is 9.47 Å². The van der Waals surface area contributed by atoms with Crippen molar-refractivity contribution in [2.24, 2.45) is 0 Å². The quantitative estimate of drug-likeness (QED) is 0.913. The Morgan fingerprint density at radius 3 is 2.48 bits per heavy atom. The average Bonchev–Trinajstić information content (AvgIpc) is 2.42. The van der Waals surface area contributed by atoms with E-state index in [1.165, 1.54) is 36.5 Å². The van der Waals surface area contributed by atoms with Crippen molar-refractivity contribution in [1.29, 1.82) is 0 Å². The number of halogens is 1. The molecule has 1 N–H and O–H groups in total. The summed E-state index contributed by atoms with van der Waals surface area (Å²) in [7, 11) is 0. The fraction of sp³-hybridized carbons (Fsp3) is 0.200. The molecule has 2 aromatic rings. The van der Waals surface area contributed by atoms with Gasteiger partial charge in [-0.2, -0.15) is 0 Å². The number of benzene rings is 1. The first kappa shape index (κ1) is 14.8. The van der Waals surface area contributed by atoms with Crippen molar-refractivity contribution in [2.45, 2.75) is 20.0 Å². The lowest BCUT2D eigenvalue weighted by atomic mass is 10.2. The molecule has 2 rings (SSSR count). The van der Waals surface area contributed by atoms with Crippen LogP contribution >= 0.6 is 0 Å². The summed E-state index contributed by atoms with van der Waals surface area (Å²) in [5, 5.41) is 9.18. The predicted molar refractivity (Wildman–Crippen MR) is 73.4 cm³/mol. The second-order valence-electron chi connectivity index (χ2n) is 4.55. The number of carboxylic acid groups (broad SMARTS) is 1. The number of ether oxygens (including phenoxy) is 2. The number of hydrogen-bond acceptors (Lipinski definition) is 4. The molecule has 6 heteroatoms. The Labute approximate surface area is 121 Å². The van der Waals surface area contributed by atoms with Gasteiger partial charge in [-0.1, -0.05) is 0 Å². The van der Waals surface area contributed by atoms with Gasteiger partial charge in [-0.05, 0) is 38.1 Å². The zero-order valence-electron chi connectivity index (χ0n) is 11.5. The van der Waals surface area contributed by atoms with Gasteiger partial charge in [0.25, 0.3) is 0 Å². The van der Waals surface area contributed by atoms with Crippen LogP contribution in [0.3, 0.4) is 0 Å². The van der Waals surface area contributed by atoms with Crippen molar-refractivity contribution >= 4 is 5.97 Å². The highest BCUT2D eigenvalue weighted by Crippen LogP contribution is 2.26. The lowest BCUT2D eigenvalue weighted by molar-refractivity contribution is 0.0688. The minimum atomic E-state index is -1.16. The van der Waals surface area contributed by atoms with Crippen LogP contribution in [0, 0.1) is 5.82 Å². The topological polar surface area (TPSA) is 68.7 Å². The Kier molecular flexibility index (Phi) is 4.37. The lowest BCUT2D eigenvalue weighted by Gasteiger charge is -2.12. The summed E-state index contributed by atoms with van der Waals surface area (Å²) in [6, 6.07) is 6.69. The van der Waals surface area contributed by atoms with Crippen molar-refractivity contribution in [3.8, 4) is 17.4 Å². The summed E-state index contributed by atoms with van der Waals surface area (Å²) < 4.78 is 23.6. The Hall–Kier alpha value is -2.63. The predicted octanol–water partition coefficient (Wildman–Crippen LogP) is 3.50. The molecule has 0 bridgehead atoms. The molecular formula is C15H14FNO4. The molecule has 0 aliphatic carbocycles. The maximum Gasteiger partial charge on any atom is 0.341 e. The average molecular weight is 291 g/mol. The molecule has 0 fully saturated rings. The minimum absolute atomic E-state index is 0.0314. The Morgan fingerprint density at radius 2 is 1.90 bits per heavy atom. The molecule has 21 heavy (non-hydrogen) atoms. The Morgan fingerprint density at radius 1 is 1.24 bits per heavy atom. The monoisotopic (exact) mass is 291 g/mol. The van der Waals surface area contributed by atoms with Crippen LogP contribution in [0.4, 0.5) is 4.39 Å². The van der Waals surface area contributed by atoms with Crippen molar-refractivity contribution in [3.63, 3.8) is 0 Å². The van der Waals surface area contributed by atoms with Gasteiger partial charge < -0.3 is 14.6 Å². The van der Waals surface area contributed by atoms with Gasteiger partial charge in [0.2, 0.25) is 5.88 Å². The molecule has 0 aliphatic heterocycles. The summed E-state index contributed by atoms with van der Waals surface area (Å²) in [6.07, 6.45) is 1.16. The number of carboxylic acids is 1. The smallest absolute Gasteiger partial charge is 0.341 e. The number of aromatic carboxylic acids is 1. The van der Waals surface area contributed by atoms with E-state index in [1.54, 1.807) is 13.8 Å². The summed E-state index contributed by atoms with van der Waals surface area (Å²) in [5.74, 6) is -0.902. The van der Waals surface area contributed by atoms with E-state index < -0.39 is 5.97 Å². The van der Waals surface area contributed by atoms with E-state index in [-0.39, 0.29) is 29.1 Å². The number of hydrogen-bond donors (Lipinski definition) is 1. The van der Waals surface area contributed by atoms with Crippen molar-refractivity contribution in [2.75, 3.05) is 0 Å². The Balaban J connectivity index is 2.27. The van der Waals surface area contributed by atoms with Gasteiger partial charge in [-0.25, -0.2) is 14.2 Å². The maximum atomic E-state index is 12.8. The molecular weight excluding hydrogens is 277 g/mol. The molecule has 0 aliphatic rings. The van der Waals surface area contributed by atoms with Crippen LogP contribution in [0.25, 0.3) is 0 Å². The van der Waals surface area contributed by atoms with E-state index in [1.807, 2.05) is 0 Å². The molecule has 1 heterocycles. The van der Waals surface area contributed by atoms with E-state index in [9.17, 15) is 14.3 Å². The molecule has 0 unspecified atom stereocenters. The number of carbonyl (C=O) groups is 1. The maximum absolute atomic E-state index is 12.8. The zero-order chi connectivity index (χ0) is 15.4. The highest BCUT2D eigenvalue weighted by molar-refractivity contribution is 5.90. The van der Waals surface area contributed by atoms with Gasteiger partial charge in [-0.3, -0.25) is 0 Å². The normalized spacial score (nSPS) is 10.5. The molecule has 0 atom stereocenters. The third-order valence-electron chi connectivity index (χ3n) is 2.45. The van der Waals surface area contributed by atoms with Gasteiger partial charge >= 0.3 is 5.97 Å². The fourth-order valence-electron chi connectivity index (χ4n) is 1.60. The molecule has 5 nitrogen and oxygen atoms in total. The van der Waals surface area contributed by atoms with Gasteiger partial charge in [0.1, 0.15) is 22.9 Å². The highest BCUT2D eigenvalue weighted by Gasteiger charge is 2.16.